The molecule has 0 bridgehead atoms. The molecule has 1 aromatic heterocycles. The lowest BCUT2D eigenvalue weighted by molar-refractivity contribution is 0.1000. The number of carbonyl (C=O) groups is 1. The quantitative estimate of drug-likeness (QED) is 0.889. The summed E-state index contributed by atoms with van der Waals surface area (Å²) < 4.78 is 0. The number of halogens is 1. The van der Waals surface area contributed by atoms with E-state index < -0.39 is 5.91 Å². The van der Waals surface area contributed by atoms with E-state index >= 15 is 0 Å². The molecule has 2 fully saturated rings. The van der Waals surface area contributed by atoms with E-state index in [-0.39, 0.29) is 0 Å². The summed E-state index contributed by atoms with van der Waals surface area (Å²) in [4.78, 5) is 17.8. The van der Waals surface area contributed by atoms with Crippen LogP contribution in [-0.4, -0.2) is 40.5 Å². The van der Waals surface area contributed by atoms with Crippen molar-refractivity contribution >= 4 is 23.3 Å². The van der Waals surface area contributed by atoms with E-state index in [0.29, 0.717) is 28.5 Å². The van der Waals surface area contributed by atoms with Crippen LogP contribution in [0.5, 0.6) is 0 Å². The molecule has 6 heteroatoms. The number of likely N-dealkylation sites (tertiary alicyclic amines) is 1. The minimum absolute atomic E-state index is 0.333. The van der Waals surface area contributed by atoms with Gasteiger partial charge in [0.1, 0.15) is 5.82 Å². The number of nitrogens with two attached hydrogens (primary N) is 1. The van der Waals surface area contributed by atoms with Crippen molar-refractivity contribution in [3.63, 3.8) is 0 Å². The Bertz CT molecular complexity index is 532. The van der Waals surface area contributed by atoms with Gasteiger partial charge in [0.05, 0.1) is 10.6 Å². The number of hydrogen-bond donors (Lipinski definition) is 2. The Morgan fingerprint density at radius 2 is 2.30 bits per heavy atom. The highest BCUT2D eigenvalue weighted by Crippen LogP contribution is 2.34. The summed E-state index contributed by atoms with van der Waals surface area (Å²) in [7, 11) is 0. The van der Waals surface area contributed by atoms with Crippen molar-refractivity contribution in [3.8, 4) is 0 Å². The summed E-state index contributed by atoms with van der Waals surface area (Å²) in [5.41, 5.74) is 5.54. The van der Waals surface area contributed by atoms with Crippen LogP contribution in [0.3, 0.4) is 0 Å². The normalized spacial score (nSPS) is 26.7. The van der Waals surface area contributed by atoms with Crippen LogP contribution < -0.4 is 11.1 Å². The molecule has 1 aliphatic carbocycles. The van der Waals surface area contributed by atoms with Crippen molar-refractivity contribution in [2.75, 3.05) is 11.9 Å². The number of primary amides is 1. The molecule has 3 N–H and O–H groups in total. The molecule has 3 rings (SSSR count). The summed E-state index contributed by atoms with van der Waals surface area (Å²) in [6.45, 7) is 3.30. The average molecular weight is 295 g/mol. The van der Waals surface area contributed by atoms with Gasteiger partial charge in [0, 0.05) is 30.9 Å². The van der Waals surface area contributed by atoms with Crippen LogP contribution in [-0.2, 0) is 0 Å². The van der Waals surface area contributed by atoms with Gasteiger partial charge in [0.15, 0.2) is 0 Å². The number of carbonyl (C=O) groups excluding carboxylic acids is 1. The van der Waals surface area contributed by atoms with Crippen LogP contribution in [0, 0.1) is 0 Å². The number of amides is 1. The summed E-state index contributed by atoms with van der Waals surface area (Å²) in [6.07, 6.45) is 5.20. The van der Waals surface area contributed by atoms with E-state index in [1.165, 1.54) is 19.0 Å². The number of aromatic nitrogens is 1. The van der Waals surface area contributed by atoms with E-state index in [1.54, 1.807) is 6.07 Å². The predicted octanol–water partition coefficient (Wildman–Crippen LogP) is 1.87. The van der Waals surface area contributed by atoms with E-state index in [9.17, 15) is 4.79 Å². The van der Waals surface area contributed by atoms with Gasteiger partial charge in [-0.3, -0.25) is 9.69 Å². The topological polar surface area (TPSA) is 71.2 Å². The summed E-state index contributed by atoms with van der Waals surface area (Å²) in [5, 5.41) is 3.82. The third kappa shape index (κ3) is 2.74. The highest BCUT2D eigenvalue weighted by atomic mass is 35.5. The minimum atomic E-state index is -0.514. The monoisotopic (exact) mass is 294 g/mol. The summed E-state index contributed by atoms with van der Waals surface area (Å²) in [5.74, 6) is 0.117. The standard InChI is InChI=1S/C14H19ClN4O/c1-8-4-10(7-19(8)11-2-3-11)18-14-12(15)5-9(6-17-14)13(16)20/h5-6,8,10-11H,2-4,7H2,1H3,(H2,16,20)(H,17,18). The molecule has 2 heterocycles. The molecule has 0 radical (unpaired) electrons. The van der Waals surface area contributed by atoms with Crippen molar-refractivity contribution in [3.05, 3.63) is 22.8 Å². The molecule has 0 aromatic carbocycles. The van der Waals surface area contributed by atoms with Crippen LogP contribution in [0.25, 0.3) is 0 Å². The zero-order chi connectivity index (χ0) is 14.3. The molecule has 1 amide bonds. The fourth-order valence-corrected chi connectivity index (χ4v) is 3.17. The molecule has 1 saturated carbocycles. The third-order valence-electron chi connectivity index (χ3n) is 4.11. The Labute approximate surface area is 123 Å². The van der Waals surface area contributed by atoms with Gasteiger partial charge in [0.25, 0.3) is 0 Å². The van der Waals surface area contributed by atoms with Gasteiger partial charge in [-0.05, 0) is 32.3 Å². The summed E-state index contributed by atoms with van der Waals surface area (Å²) in [6, 6.07) is 3.30. The van der Waals surface area contributed by atoms with E-state index in [4.69, 9.17) is 17.3 Å². The predicted molar refractivity (Wildman–Crippen MR) is 79.0 cm³/mol. The first-order valence-electron chi connectivity index (χ1n) is 7.02. The fraction of sp³-hybridized carbons (Fsp3) is 0.571. The largest absolute Gasteiger partial charge is 0.366 e. The van der Waals surface area contributed by atoms with Crippen molar-refractivity contribution in [1.29, 1.82) is 0 Å². The molecule has 2 unspecified atom stereocenters. The van der Waals surface area contributed by atoms with Gasteiger partial charge in [-0.15, -0.1) is 0 Å². The highest BCUT2D eigenvalue weighted by Gasteiger charge is 2.38. The number of nitrogens with zero attached hydrogens (tertiary/aromatic N) is 2. The van der Waals surface area contributed by atoms with Gasteiger partial charge in [0.2, 0.25) is 5.91 Å². The first kappa shape index (κ1) is 13.6. The maximum Gasteiger partial charge on any atom is 0.250 e. The summed E-state index contributed by atoms with van der Waals surface area (Å²) >= 11 is 6.15. The lowest BCUT2D eigenvalue weighted by Crippen LogP contribution is -2.31. The Morgan fingerprint density at radius 3 is 2.90 bits per heavy atom. The second-order valence-corrected chi connectivity index (χ2v) is 6.18. The van der Waals surface area contributed by atoms with E-state index in [2.05, 4.69) is 22.1 Å². The van der Waals surface area contributed by atoms with E-state index in [0.717, 1.165) is 19.0 Å². The molecule has 20 heavy (non-hydrogen) atoms. The Balaban J connectivity index is 1.67. The molecule has 5 nitrogen and oxygen atoms in total. The maximum atomic E-state index is 11.1. The number of nitrogens with one attached hydrogen (secondary N) is 1. The Morgan fingerprint density at radius 1 is 1.55 bits per heavy atom. The van der Waals surface area contributed by atoms with Crippen LogP contribution >= 0.6 is 11.6 Å². The van der Waals surface area contributed by atoms with Crippen LogP contribution in [0.4, 0.5) is 5.82 Å². The van der Waals surface area contributed by atoms with Crippen molar-refractivity contribution in [2.24, 2.45) is 5.73 Å². The molecule has 108 valence electrons. The zero-order valence-corrected chi connectivity index (χ0v) is 12.2. The van der Waals surface area contributed by atoms with Crippen molar-refractivity contribution < 1.29 is 4.79 Å². The van der Waals surface area contributed by atoms with Gasteiger partial charge < -0.3 is 11.1 Å². The molecule has 1 saturated heterocycles. The molecular weight excluding hydrogens is 276 g/mol. The first-order valence-corrected chi connectivity index (χ1v) is 7.40. The molecule has 0 spiro atoms. The van der Waals surface area contributed by atoms with Gasteiger partial charge in [-0.2, -0.15) is 0 Å². The molecule has 2 aliphatic rings. The van der Waals surface area contributed by atoms with Gasteiger partial charge >= 0.3 is 0 Å². The molecule has 1 aliphatic heterocycles. The number of rotatable bonds is 4. The van der Waals surface area contributed by atoms with Gasteiger partial charge in [-0.1, -0.05) is 11.6 Å². The second-order valence-electron chi connectivity index (χ2n) is 5.77. The van der Waals surface area contributed by atoms with Crippen molar-refractivity contribution in [1.82, 2.24) is 9.88 Å². The minimum Gasteiger partial charge on any atom is -0.366 e. The fourth-order valence-electron chi connectivity index (χ4n) is 2.95. The number of pyridine rings is 1. The van der Waals surface area contributed by atoms with Gasteiger partial charge in [-0.25, -0.2) is 4.98 Å². The maximum absolute atomic E-state index is 11.1. The lowest BCUT2D eigenvalue weighted by Gasteiger charge is -2.20. The van der Waals surface area contributed by atoms with Crippen molar-refractivity contribution in [2.45, 2.75) is 44.3 Å². The lowest BCUT2D eigenvalue weighted by atomic mass is 10.2. The van der Waals surface area contributed by atoms with Crippen LogP contribution in [0.1, 0.15) is 36.5 Å². The Hall–Kier alpha value is -1.33. The number of hydrogen-bond acceptors (Lipinski definition) is 4. The zero-order valence-electron chi connectivity index (χ0n) is 11.5. The number of anilines is 1. The molecular formula is C14H19ClN4O. The van der Waals surface area contributed by atoms with Crippen LogP contribution in [0.2, 0.25) is 5.02 Å². The SMILES string of the molecule is CC1CC(Nc2ncc(C(N)=O)cc2Cl)CN1C1CC1. The third-order valence-corrected chi connectivity index (χ3v) is 4.39. The first-order chi connectivity index (χ1) is 9.54. The molecule has 1 aromatic rings. The average Bonchev–Trinajstić information content (AvgIpc) is 3.16. The smallest absolute Gasteiger partial charge is 0.250 e. The highest BCUT2D eigenvalue weighted by molar-refractivity contribution is 6.33. The van der Waals surface area contributed by atoms with E-state index in [1.807, 2.05) is 0 Å². The second kappa shape index (κ2) is 5.22. The van der Waals surface area contributed by atoms with Crippen LogP contribution in [0.15, 0.2) is 12.3 Å². The Kier molecular flexibility index (Phi) is 3.56. The molecule has 2 atom stereocenters.